The normalized spacial score (nSPS) is 27.8. The Morgan fingerprint density at radius 1 is 1.27 bits per heavy atom. The number of fused-ring (bicyclic) bond motifs is 2. The summed E-state index contributed by atoms with van der Waals surface area (Å²) in [6.45, 7) is 2.09. The monoisotopic (exact) mass is 414 g/mol. The first-order valence-electron chi connectivity index (χ1n) is 10.2. The zero-order chi connectivity index (χ0) is 21.4. The molecular weight excluding hydrogens is 388 g/mol. The van der Waals surface area contributed by atoms with Crippen LogP contribution in [0.4, 0.5) is 0 Å². The number of nitrogens with zero attached hydrogens (tertiary/aromatic N) is 2. The lowest BCUT2D eigenvalue weighted by atomic mass is 10.1. The highest BCUT2D eigenvalue weighted by Gasteiger charge is 2.52. The lowest BCUT2D eigenvalue weighted by Gasteiger charge is -2.29. The van der Waals surface area contributed by atoms with E-state index in [1.165, 1.54) is 11.8 Å². The number of para-hydroxylation sites is 1. The second-order valence-electron chi connectivity index (χ2n) is 8.06. The van der Waals surface area contributed by atoms with Crippen molar-refractivity contribution < 1.29 is 23.9 Å². The van der Waals surface area contributed by atoms with Crippen molar-refractivity contribution in [3.05, 3.63) is 29.8 Å². The summed E-state index contributed by atoms with van der Waals surface area (Å²) < 4.78 is 5.33. The van der Waals surface area contributed by atoms with Crippen molar-refractivity contribution in [1.82, 2.24) is 20.4 Å². The molecule has 1 aromatic rings. The average Bonchev–Trinajstić information content (AvgIpc) is 3.29. The molecule has 3 aliphatic rings. The van der Waals surface area contributed by atoms with Crippen molar-refractivity contribution in [2.24, 2.45) is 0 Å². The van der Waals surface area contributed by atoms with E-state index in [1.807, 2.05) is 18.2 Å². The van der Waals surface area contributed by atoms with Gasteiger partial charge in [0.15, 0.2) is 0 Å². The number of likely N-dealkylation sites (tertiary alicyclic amines) is 1. The summed E-state index contributed by atoms with van der Waals surface area (Å²) in [5.41, 5.74) is 0.753. The summed E-state index contributed by atoms with van der Waals surface area (Å²) >= 11 is 0. The molecule has 0 spiro atoms. The Kier molecular flexibility index (Phi) is 5.36. The molecule has 0 saturated carbocycles. The maximum absolute atomic E-state index is 13.4. The van der Waals surface area contributed by atoms with Crippen molar-refractivity contribution >= 4 is 23.6 Å². The fourth-order valence-electron chi connectivity index (χ4n) is 4.81. The number of benzene rings is 1. The van der Waals surface area contributed by atoms with Gasteiger partial charge in [-0.3, -0.25) is 19.2 Å². The molecule has 160 valence electrons. The van der Waals surface area contributed by atoms with Crippen molar-refractivity contribution in [3.8, 4) is 5.75 Å². The van der Waals surface area contributed by atoms with Gasteiger partial charge in [-0.1, -0.05) is 18.2 Å². The van der Waals surface area contributed by atoms with Crippen molar-refractivity contribution in [3.63, 3.8) is 0 Å². The van der Waals surface area contributed by atoms with Gasteiger partial charge in [-0.2, -0.15) is 0 Å². The fraction of sp³-hybridized carbons (Fsp3) is 0.524. The summed E-state index contributed by atoms with van der Waals surface area (Å²) in [5, 5.41) is 5.75. The van der Waals surface area contributed by atoms with Crippen LogP contribution in [-0.2, 0) is 25.6 Å². The summed E-state index contributed by atoms with van der Waals surface area (Å²) in [6.07, 6.45) is 1.04. The minimum absolute atomic E-state index is 0.117. The topological polar surface area (TPSA) is 108 Å². The number of carbonyl (C=O) groups excluding carboxylic acids is 4. The van der Waals surface area contributed by atoms with Gasteiger partial charge in [-0.15, -0.1) is 0 Å². The molecule has 0 radical (unpaired) electrons. The molecule has 0 aromatic heterocycles. The van der Waals surface area contributed by atoms with E-state index >= 15 is 0 Å². The predicted octanol–water partition coefficient (Wildman–Crippen LogP) is -0.557. The summed E-state index contributed by atoms with van der Waals surface area (Å²) in [4.78, 5) is 53.7. The van der Waals surface area contributed by atoms with Crippen LogP contribution in [0.25, 0.3) is 0 Å². The molecule has 3 fully saturated rings. The van der Waals surface area contributed by atoms with E-state index in [2.05, 4.69) is 10.6 Å². The van der Waals surface area contributed by atoms with E-state index < -0.39 is 18.1 Å². The maximum Gasteiger partial charge on any atom is 0.248 e. The zero-order valence-electron chi connectivity index (χ0n) is 17.1. The molecule has 0 bridgehead atoms. The van der Waals surface area contributed by atoms with E-state index in [0.717, 1.165) is 5.56 Å². The van der Waals surface area contributed by atoms with Gasteiger partial charge in [-0.05, 0) is 18.9 Å². The first kappa shape index (κ1) is 20.2. The minimum Gasteiger partial charge on any atom is -0.496 e. The minimum atomic E-state index is -0.725. The second kappa shape index (κ2) is 7.97. The number of ether oxygens (including phenoxy) is 1. The van der Waals surface area contributed by atoms with Crippen LogP contribution in [-0.4, -0.2) is 77.8 Å². The first-order chi connectivity index (χ1) is 14.4. The van der Waals surface area contributed by atoms with Gasteiger partial charge in [0.1, 0.15) is 17.8 Å². The molecule has 9 nitrogen and oxygen atoms in total. The van der Waals surface area contributed by atoms with E-state index in [1.54, 1.807) is 18.1 Å². The van der Waals surface area contributed by atoms with Crippen LogP contribution >= 0.6 is 0 Å². The summed E-state index contributed by atoms with van der Waals surface area (Å²) in [5.74, 6) is -0.201. The van der Waals surface area contributed by atoms with Crippen LogP contribution < -0.4 is 15.4 Å². The van der Waals surface area contributed by atoms with Crippen molar-refractivity contribution in [1.29, 1.82) is 0 Å². The van der Waals surface area contributed by atoms with Crippen molar-refractivity contribution in [2.45, 2.75) is 50.4 Å². The molecule has 4 rings (SSSR count). The fourth-order valence-corrected chi connectivity index (χ4v) is 4.81. The Morgan fingerprint density at radius 2 is 2.03 bits per heavy atom. The van der Waals surface area contributed by atoms with Gasteiger partial charge >= 0.3 is 0 Å². The number of nitrogens with one attached hydrogen (secondary N) is 2. The molecule has 3 aliphatic heterocycles. The molecule has 4 atom stereocenters. The van der Waals surface area contributed by atoms with Gasteiger partial charge in [-0.25, -0.2) is 0 Å². The predicted molar refractivity (Wildman–Crippen MR) is 106 cm³/mol. The second-order valence-corrected chi connectivity index (χ2v) is 8.06. The Morgan fingerprint density at radius 3 is 2.77 bits per heavy atom. The van der Waals surface area contributed by atoms with Crippen LogP contribution in [0.1, 0.15) is 25.3 Å². The molecular formula is C21H26N4O5. The number of hydrogen-bond donors (Lipinski definition) is 2. The van der Waals surface area contributed by atoms with Gasteiger partial charge < -0.3 is 25.2 Å². The summed E-state index contributed by atoms with van der Waals surface area (Å²) in [6, 6.07) is 5.30. The van der Waals surface area contributed by atoms with Gasteiger partial charge in [0.05, 0.1) is 19.6 Å². The largest absolute Gasteiger partial charge is 0.496 e. The smallest absolute Gasteiger partial charge is 0.248 e. The molecule has 4 amide bonds. The van der Waals surface area contributed by atoms with Crippen LogP contribution in [0.2, 0.25) is 0 Å². The Bertz CT molecular complexity index is 888. The lowest BCUT2D eigenvalue weighted by Crippen LogP contribution is -2.53. The number of carbonyl (C=O) groups is 4. The third-order valence-corrected chi connectivity index (χ3v) is 6.13. The SMILES string of the molecule is COc1ccccc1CC(=O)N1CC[C@@H]2NC(=O)[C@H]3C[C@H](NC(C)=O)CN3C(=O)[C@H]21. The third kappa shape index (κ3) is 3.59. The number of amides is 4. The molecule has 30 heavy (non-hydrogen) atoms. The Hall–Kier alpha value is -3.10. The number of rotatable bonds is 4. The quantitative estimate of drug-likeness (QED) is 0.687. The van der Waals surface area contributed by atoms with E-state index in [9.17, 15) is 19.2 Å². The molecule has 3 heterocycles. The Balaban J connectivity index is 1.54. The number of hydrogen-bond acceptors (Lipinski definition) is 5. The van der Waals surface area contributed by atoms with Gasteiger partial charge in [0.2, 0.25) is 23.6 Å². The molecule has 2 N–H and O–H groups in total. The highest BCUT2D eigenvalue weighted by molar-refractivity contribution is 5.97. The number of methoxy groups -OCH3 is 1. The Labute approximate surface area is 174 Å². The molecule has 0 aliphatic carbocycles. The average molecular weight is 414 g/mol. The van der Waals surface area contributed by atoms with Gasteiger partial charge in [0.25, 0.3) is 0 Å². The molecule has 1 aromatic carbocycles. The van der Waals surface area contributed by atoms with E-state index in [4.69, 9.17) is 4.74 Å². The molecule has 3 saturated heterocycles. The van der Waals surface area contributed by atoms with Crippen molar-refractivity contribution in [2.75, 3.05) is 20.2 Å². The summed E-state index contributed by atoms with van der Waals surface area (Å²) in [7, 11) is 1.55. The third-order valence-electron chi connectivity index (χ3n) is 6.13. The van der Waals surface area contributed by atoms with Gasteiger partial charge in [0, 0.05) is 31.6 Å². The van der Waals surface area contributed by atoms with Crippen LogP contribution in [0.15, 0.2) is 24.3 Å². The highest BCUT2D eigenvalue weighted by Crippen LogP contribution is 2.30. The van der Waals surface area contributed by atoms with Crippen LogP contribution in [0.5, 0.6) is 5.75 Å². The standard InChI is InChI=1S/C21H26N4O5/c1-12(26)22-14-10-16-20(28)23-15-7-8-24(19(15)21(29)25(16)11-14)18(27)9-13-5-3-4-6-17(13)30-2/h3-6,14-16,19H,7-11H2,1-2H3,(H,22,26)(H,23,28)/t14-,15-,16+,19-/m0/s1. The highest BCUT2D eigenvalue weighted by atomic mass is 16.5. The lowest BCUT2D eigenvalue weighted by molar-refractivity contribution is -0.144. The molecule has 0 unspecified atom stereocenters. The maximum atomic E-state index is 13.4. The van der Waals surface area contributed by atoms with E-state index in [0.29, 0.717) is 25.1 Å². The van der Waals surface area contributed by atoms with Crippen LogP contribution in [0, 0.1) is 0 Å². The van der Waals surface area contributed by atoms with E-state index in [-0.39, 0.29) is 42.6 Å². The molecule has 9 heteroatoms. The van der Waals surface area contributed by atoms with Crippen LogP contribution in [0.3, 0.4) is 0 Å². The zero-order valence-corrected chi connectivity index (χ0v) is 17.1. The first-order valence-corrected chi connectivity index (χ1v) is 10.2.